The zero-order chi connectivity index (χ0) is 26.9. The van der Waals surface area contributed by atoms with Crippen molar-refractivity contribution in [3.05, 3.63) is 71.1 Å². The van der Waals surface area contributed by atoms with Gasteiger partial charge in [-0.3, -0.25) is 4.79 Å². The fraction of sp³-hybridized carbons (Fsp3) is 0.333. The number of fused-ring (bicyclic) bond motifs is 1. The average molecular weight is 560 g/mol. The Kier molecular flexibility index (Phi) is 7.69. The van der Waals surface area contributed by atoms with Gasteiger partial charge >= 0.3 is 0 Å². The van der Waals surface area contributed by atoms with Crippen LogP contribution in [0.25, 0.3) is 12.2 Å². The quantitative estimate of drug-likeness (QED) is 0.419. The number of hydrogen-bond donors (Lipinski definition) is 0. The minimum Gasteiger partial charge on any atom is -0.355 e. The average Bonchev–Trinajstić information content (AvgIpc) is 3.15. The molecule has 11 heteroatoms. The van der Waals surface area contributed by atoms with Gasteiger partial charge in [-0.05, 0) is 68.4 Å². The molecular weight excluding hydrogens is 532 g/mol. The summed E-state index contributed by atoms with van der Waals surface area (Å²) in [4.78, 5) is 16.3. The lowest BCUT2D eigenvalue weighted by molar-refractivity contribution is -0.123. The molecule has 3 heterocycles. The Labute approximate surface area is 224 Å². The molecule has 2 aliphatic rings. The van der Waals surface area contributed by atoms with Crippen LogP contribution >= 0.6 is 11.8 Å². The van der Waals surface area contributed by atoms with E-state index in [-0.39, 0.29) is 46.8 Å². The van der Waals surface area contributed by atoms with Gasteiger partial charge in [-0.2, -0.15) is 4.31 Å². The second-order valence-corrected chi connectivity index (χ2v) is 12.3. The molecule has 0 atom stereocenters. The van der Waals surface area contributed by atoms with Gasteiger partial charge in [0.2, 0.25) is 15.9 Å². The summed E-state index contributed by atoms with van der Waals surface area (Å²) in [5, 5.41) is 3.81. The Morgan fingerprint density at radius 3 is 2.63 bits per heavy atom. The van der Waals surface area contributed by atoms with Crippen LogP contribution in [0.4, 0.5) is 14.5 Å². The largest absolute Gasteiger partial charge is 0.355 e. The van der Waals surface area contributed by atoms with E-state index in [1.54, 1.807) is 11.8 Å². The van der Waals surface area contributed by atoms with E-state index in [4.69, 9.17) is 4.52 Å². The number of hydrogen-bond acceptors (Lipinski definition) is 6. The minimum absolute atomic E-state index is 0.0307. The molecule has 0 spiro atoms. The summed E-state index contributed by atoms with van der Waals surface area (Å²) in [6, 6.07) is 11.0. The molecule has 0 N–H and O–H groups in total. The molecule has 0 radical (unpaired) electrons. The zero-order valence-electron chi connectivity index (χ0n) is 20.8. The van der Waals surface area contributed by atoms with Crippen LogP contribution in [0.15, 0.2) is 56.8 Å². The highest BCUT2D eigenvalue weighted by Crippen LogP contribution is 2.36. The molecule has 1 aromatic heterocycles. The van der Waals surface area contributed by atoms with Crippen LogP contribution in [0.2, 0.25) is 0 Å². The van der Waals surface area contributed by atoms with Crippen LogP contribution in [-0.2, 0) is 14.8 Å². The number of amides is 1. The van der Waals surface area contributed by atoms with E-state index >= 15 is 0 Å². The Balaban J connectivity index is 1.31. The summed E-state index contributed by atoms with van der Waals surface area (Å²) in [5.41, 5.74) is 1.18. The van der Waals surface area contributed by atoms with Gasteiger partial charge in [0.05, 0.1) is 5.69 Å². The second-order valence-electron chi connectivity index (χ2n) is 9.30. The summed E-state index contributed by atoms with van der Waals surface area (Å²) >= 11 is 1.75. The van der Waals surface area contributed by atoms with Gasteiger partial charge in [-0.15, -0.1) is 11.8 Å². The number of rotatable bonds is 5. The number of anilines is 1. The molecule has 1 saturated heterocycles. The molecule has 0 unspecified atom stereocenters. The summed E-state index contributed by atoms with van der Waals surface area (Å²) < 4.78 is 61.0. The van der Waals surface area contributed by atoms with Crippen molar-refractivity contribution in [2.45, 2.75) is 36.0 Å². The third kappa shape index (κ3) is 5.27. The Morgan fingerprint density at radius 1 is 1.11 bits per heavy atom. The number of benzene rings is 2. The number of piperidine rings is 1. The third-order valence-corrected chi connectivity index (χ3v) is 10.0. The van der Waals surface area contributed by atoms with Crippen molar-refractivity contribution >= 4 is 45.5 Å². The number of carbonyl (C=O) groups is 1. The minimum atomic E-state index is -3.99. The van der Waals surface area contributed by atoms with E-state index in [2.05, 4.69) is 5.16 Å². The monoisotopic (exact) mass is 559 g/mol. The smallest absolute Gasteiger partial charge is 0.248 e. The molecule has 0 aliphatic carbocycles. The highest BCUT2D eigenvalue weighted by molar-refractivity contribution is 7.99. The molecular formula is C27H27F2N3O4S2. The van der Waals surface area contributed by atoms with E-state index in [0.29, 0.717) is 19.4 Å². The molecule has 200 valence electrons. The van der Waals surface area contributed by atoms with Crippen molar-refractivity contribution in [2.24, 2.45) is 5.92 Å². The fourth-order valence-electron chi connectivity index (χ4n) is 4.85. The summed E-state index contributed by atoms with van der Waals surface area (Å²) in [5.74, 6) is -0.827. The van der Waals surface area contributed by atoms with Crippen LogP contribution < -0.4 is 4.90 Å². The van der Waals surface area contributed by atoms with Crippen LogP contribution in [0.5, 0.6) is 0 Å². The molecule has 7 nitrogen and oxygen atoms in total. The van der Waals surface area contributed by atoms with Crippen LogP contribution in [-0.4, -0.2) is 49.2 Å². The summed E-state index contributed by atoms with van der Waals surface area (Å²) in [7, 11) is -3.99. The summed E-state index contributed by atoms with van der Waals surface area (Å²) in [6.07, 6.45) is 4.33. The lowest BCUT2D eigenvalue weighted by Crippen LogP contribution is -2.45. The number of nitrogens with zero attached hydrogens (tertiary/aromatic N) is 3. The molecule has 38 heavy (non-hydrogen) atoms. The maximum Gasteiger partial charge on any atom is 0.248 e. The maximum atomic E-state index is 14.0. The fourth-order valence-corrected chi connectivity index (χ4v) is 7.56. The standard InChI is InChI=1S/C27H27F2N3O4S2/c1-18-26(24(36-30-18)10-8-19-7-9-21(28)17-22(19)29)38(34,35)31-14-11-20(12-15-31)27(33)32-13-4-16-37-25-6-3-2-5-23(25)32/h2-3,5-10,17,20H,4,11-16H2,1H3/b10-8+. The summed E-state index contributed by atoms with van der Waals surface area (Å²) in [6.45, 7) is 2.54. The van der Waals surface area contributed by atoms with Crippen molar-refractivity contribution < 1.29 is 26.5 Å². The number of carbonyl (C=O) groups excluding carboxylic acids is 1. The number of aryl methyl sites for hydroxylation is 1. The van der Waals surface area contributed by atoms with Gasteiger partial charge in [0.25, 0.3) is 0 Å². The zero-order valence-corrected chi connectivity index (χ0v) is 22.4. The topological polar surface area (TPSA) is 83.7 Å². The third-order valence-electron chi connectivity index (χ3n) is 6.82. The van der Waals surface area contributed by atoms with Crippen molar-refractivity contribution in [2.75, 3.05) is 30.3 Å². The van der Waals surface area contributed by atoms with Gasteiger partial charge in [-0.25, -0.2) is 17.2 Å². The predicted octanol–water partition coefficient (Wildman–Crippen LogP) is 5.36. The van der Waals surface area contributed by atoms with Crippen LogP contribution in [0, 0.1) is 24.5 Å². The lowest BCUT2D eigenvalue weighted by atomic mass is 9.96. The van der Waals surface area contributed by atoms with Crippen molar-refractivity contribution in [3.8, 4) is 0 Å². The van der Waals surface area contributed by atoms with Gasteiger partial charge < -0.3 is 9.42 Å². The normalized spacial score (nSPS) is 17.5. The van der Waals surface area contributed by atoms with Gasteiger partial charge in [0.1, 0.15) is 17.3 Å². The first-order valence-corrected chi connectivity index (χ1v) is 14.8. The van der Waals surface area contributed by atoms with Crippen molar-refractivity contribution in [3.63, 3.8) is 0 Å². The highest BCUT2D eigenvalue weighted by Gasteiger charge is 2.37. The predicted molar refractivity (Wildman–Crippen MR) is 142 cm³/mol. The molecule has 2 aliphatic heterocycles. The second kappa shape index (κ2) is 11.0. The molecule has 0 bridgehead atoms. The van der Waals surface area contributed by atoms with Gasteiger partial charge in [-0.1, -0.05) is 17.3 Å². The Bertz CT molecular complexity index is 1480. The first-order chi connectivity index (χ1) is 18.3. The van der Waals surface area contributed by atoms with E-state index in [0.717, 1.165) is 34.9 Å². The van der Waals surface area contributed by atoms with E-state index in [1.807, 2.05) is 29.2 Å². The Morgan fingerprint density at radius 2 is 1.87 bits per heavy atom. The lowest BCUT2D eigenvalue weighted by Gasteiger charge is -2.33. The van der Waals surface area contributed by atoms with E-state index in [9.17, 15) is 22.0 Å². The first-order valence-electron chi connectivity index (χ1n) is 12.4. The molecule has 1 amide bonds. The van der Waals surface area contributed by atoms with Crippen LogP contribution in [0.3, 0.4) is 0 Å². The SMILES string of the molecule is Cc1noc(/C=C/c2ccc(F)cc2F)c1S(=O)(=O)N1CCC(C(=O)N2CCCSc3ccccc32)CC1. The highest BCUT2D eigenvalue weighted by atomic mass is 32.2. The number of aromatic nitrogens is 1. The van der Waals surface area contributed by atoms with Gasteiger partial charge in [0, 0.05) is 42.1 Å². The Hall–Kier alpha value is -3.02. The number of halogens is 2. The van der Waals surface area contributed by atoms with Crippen molar-refractivity contribution in [1.29, 1.82) is 0 Å². The molecule has 5 rings (SSSR count). The number of sulfonamides is 1. The molecule has 3 aromatic rings. The van der Waals surface area contributed by atoms with E-state index < -0.39 is 21.7 Å². The number of para-hydroxylation sites is 1. The van der Waals surface area contributed by atoms with Gasteiger partial charge in [0.15, 0.2) is 10.7 Å². The van der Waals surface area contributed by atoms with E-state index in [1.165, 1.54) is 29.4 Å². The number of thioether (sulfide) groups is 1. The van der Waals surface area contributed by atoms with Crippen LogP contribution in [0.1, 0.15) is 36.3 Å². The molecule has 1 fully saturated rings. The molecule has 0 saturated carbocycles. The maximum absolute atomic E-state index is 14.0. The molecule has 2 aromatic carbocycles. The van der Waals surface area contributed by atoms with Crippen molar-refractivity contribution in [1.82, 2.24) is 9.46 Å². The first kappa shape index (κ1) is 26.6.